The maximum Gasteiger partial charge on any atom is 0.193 e. The lowest BCUT2D eigenvalue weighted by Gasteiger charge is -2.22. The molecular formula is C18H26ClIN4OS. The zero-order valence-electron chi connectivity index (χ0n) is 15.3. The van der Waals surface area contributed by atoms with Crippen LogP contribution in [-0.2, 0) is 30.1 Å². The number of halogens is 2. The van der Waals surface area contributed by atoms with Gasteiger partial charge in [0.15, 0.2) is 5.96 Å². The van der Waals surface area contributed by atoms with Crippen LogP contribution in [0, 0.1) is 0 Å². The normalized spacial score (nSPS) is 12.4. The fraction of sp³-hybridized carbons (Fsp3) is 0.389. The zero-order valence-corrected chi connectivity index (χ0v) is 19.2. The van der Waals surface area contributed by atoms with E-state index in [1.54, 1.807) is 7.05 Å². The molecule has 1 atom stereocenters. The summed E-state index contributed by atoms with van der Waals surface area (Å²) < 4.78 is 14.2. The van der Waals surface area contributed by atoms with Gasteiger partial charge in [-0.1, -0.05) is 41.9 Å². The average molecular weight is 509 g/mol. The number of benzene rings is 1. The van der Waals surface area contributed by atoms with Gasteiger partial charge in [0, 0.05) is 61.9 Å². The minimum absolute atomic E-state index is 0. The highest BCUT2D eigenvalue weighted by atomic mass is 127. The second-order valence-electron chi connectivity index (χ2n) is 5.86. The minimum Gasteiger partial charge on any atom is -0.355 e. The van der Waals surface area contributed by atoms with E-state index in [2.05, 4.69) is 10.3 Å². The Bertz CT molecular complexity index is 736. The summed E-state index contributed by atoms with van der Waals surface area (Å²) in [4.78, 5) is 6.31. The molecule has 2 aromatic rings. The minimum atomic E-state index is -0.898. The molecule has 0 radical (unpaired) electrons. The van der Waals surface area contributed by atoms with Crippen molar-refractivity contribution in [1.29, 1.82) is 0 Å². The molecule has 5 nitrogen and oxygen atoms in total. The molecule has 0 aliphatic rings. The van der Waals surface area contributed by atoms with Crippen molar-refractivity contribution in [3.05, 3.63) is 58.9 Å². The Balaban J connectivity index is 0.00000338. The van der Waals surface area contributed by atoms with Gasteiger partial charge in [-0.3, -0.25) is 9.20 Å². The first-order chi connectivity index (χ1) is 12.0. The van der Waals surface area contributed by atoms with Gasteiger partial charge in [0.05, 0.1) is 11.6 Å². The maximum absolute atomic E-state index is 12.2. The molecule has 1 aromatic heterocycles. The van der Waals surface area contributed by atoms with Crippen LogP contribution in [0.2, 0.25) is 5.02 Å². The summed E-state index contributed by atoms with van der Waals surface area (Å²) in [5, 5.41) is 4.00. The summed E-state index contributed by atoms with van der Waals surface area (Å²) in [7, 11) is 4.79. The summed E-state index contributed by atoms with van der Waals surface area (Å²) in [6.07, 6.45) is 1.88. The van der Waals surface area contributed by atoms with Crippen LogP contribution in [0.25, 0.3) is 0 Å². The molecule has 26 heavy (non-hydrogen) atoms. The van der Waals surface area contributed by atoms with E-state index in [1.807, 2.05) is 66.2 Å². The van der Waals surface area contributed by atoms with Crippen molar-refractivity contribution >= 4 is 52.3 Å². The van der Waals surface area contributed by atoms with E-state index in [0.29, 0.717) is 24.6 Å². The van der Waals surface area contributed by atoms with Gasteiger partial charge in [0.1, 0.15) is 0 Å². The Morgan fingerprint density at radius 3 is 2.62 bits per heavy atom. The number of aryl methyl sites for hydroxylation is 1. The van der Waals surface area contributed by atoms with Crippen LogP contribution in [-0.4, -0.2) is 46.0 Å². The third-order valence-electron chi connectivity index (χ3n) is 3.83. The molecule has 2 rings (SSSR count). The molecule has 1 unspecified atom stereocenters. The van der Waals surface area contributed by atoms with E-state index < -0.39 is 10.8 Å². The fourth-order valence-electron chi connectivity index (χ4n) is 2.53. The highest BCUT2D eigenvalue weighted by Crippen LogP contribution is 2.14. The van der Waals surface area contributed by atoms with Crippen molar-refractivity contribution in [2.45, 2.75) is 12.3 Å². The molecule has 1 N–H and O–H groups in total. The number of aromatic nitrogens is 1. The van der Waals surface area contributed by atoms with Gasteiger partial charge in [0.25, 0.3) is 0 Å². The van der Waals surface area contributed by atoms with Crippen LogP contribution in [0.3, 0.4) is 0 Å². The van der Waals surface area contributed by atoms with Crippen LogP contribution >= 0.6 is 35.6 Å². The largest absolute Gasteiger partial charge is 0.355 e. The molecule has 144 valence electrons. The SMILES string of the molecule is CN=C(NCCS(=O)Cc1ccccc1)N(C)Cc1cc(Cl)cn1C.I. The first-order valence-corrected chi connectivity index (χ1v) is 9.97. The molecule has 1 heterocycles. The second kappa shape index (κ2) is 11.6. The first-order valence-electron chi connectivity index (χ1n) is 8.11. The van der Waals surface area contributed by atoms with Crippen molar-refractivity contribution in [2.24, 2.45) is 12.0 Å². The molecular weight excluding hydrogens is 483 g/mol. The van der Waals surface area contributed by atoms with Crippen molar-refractivity contribution in [3.63, 3.8) is 0 Å². The first kappa shape index (κ1) is 23.0. The molecule has 0 aliphatic heterocycles. The number of nitrogens with zero attached hydrogens (tertiary/aromatic N) is 3. The molecule has 8 heteroatoms. The smallest absolute Gasteiger partial charge is 0.193 e. The summed E-state index contributed by atoms with van der Waals surface area (Å²) in [5.41, 5.74) is 2.20. The van der Waals surface area contributed by atoms with Gasteiger partial charge in [-0.15, -0.1) is 24.0 Å². The topological polar surface area (TPSA) is 49.6 Å². The number of hydrogen-bond acceptors (Lipinski definition) is 2. The molecule has 0 spiro atoms. The average Bonchev–Trinajstić information content (AvgIpc) is 2.89. The van der Waals surface area contributed by atoms with Gasteiger partial charge in [-0.25, -0.2) is 0 Å². The van der Waals surface area contributed by atoms with Crippen molar-refractivity contribution in [1.82, 2.24) is 14.8 Å². The Kier molecular flexibility index (Phi) is 10.3. The Morgan fingerprint density at radius 1 is 1.35 bits per heavy atom. The lowest BCUT2D eigenvalue weighted by molar-refractivity contribution is 0.464. The molecule has 0 aliphatic carbocycles. The van der Waals surface area contributed by atoms with Crippen LogP contribution < -0.4 is 5.32 Å². The molecule has 0 amide bonds. The lowest BCUT2D eigenvalue weighted by Crippen LogP contribution is -2.40. The highest BCUT2D eigenvalue weighted by Gasteiger charge is 2.10. The summed E-state index contributed by atoms with van der Waals surface area (Å²) in [5.74, 6) is 1.94. The summed E-state index contributed by atoms with van der Waals surface area (Å²) >= 11 is 6.03. The molecule has 0 saturated carbocycles. The summed E-state index contributed by atoms with van der Waals surface area (Å²) in [6, 6.07) is 11.9. The number of guanidine groups is 1. The zero-order chi connectivity index (χ0) is 18.2. The van der Waals surface area contributed by atoms with Gasteiger partial charge < -0.3 is 14.8 Å². The molecule has 1 aromatic carbocycles. The van der Waals surface area contributed by atoms with E-state index in [9.17, 15) is 4.21 Å². The van der Waals surface area contributed by atoms with E-state index in [1.165, 1.54) is 0 Å². The van der Waals surface area contributed by atoms with E-state index in [0.717, 1.165) is 22.2 Å². The van der Waals surface area contributed by atoms with Gasteiger partial charge in [0.2, 0.25) is 0 Å². The number of rotatable bonds is 7. The molecule has 0 saturated heterocycles. The standard InChI is InChI=1S/C18H25ClN4OS.HI/c1-20-18(23(3)13-17-11-16(19)12-22(17)2)21-9-10-25(24)14-15-7-5-4-6-8-15;/h4-8,11-12H,9-10,13-14H2,1-3H3,(H,20,21);1H. The third kappa shape index (κ3) is 7.28. The van der Waals surface area contributed by atoms with E-state index >= 15 is 0 Å². The summed E-state index contributed by atoms with van der Waals surface area (Å²) in [6.45, 7) is 1.31. The maximum atomic E-state index is 12.2. The van der Waals surface area contributed by atoms with Crippen molar-refractivity contribution in [2.75, 3.05) is 26.4 Å². The van der Waals surface area contributed by atoms with Gasteiger partial charge in [-0.2, -0.15) is 0 Å². The predicted octanol–water partition coefficient (Wildman–Crippen LogP) is 3.25. The molecule has 0 bridgehead atoms. The third-order valence-corrected chi connectivity index (χ3v) is 5.35. The number of hydrogen-bond donors (Lipinski definition) is 1. The quantitative estimate of drug-likeness (QED) is 0.355. The Labute approximate surface area is 180 Å². The van der Waals surface area contributed by atoms with Crippen LogP contribution in [0.1, 0.15) is 11.3 Å². The Hall–Kier alpha value is -1.06. The van der Waals surface area contributed by atoms with Crippen molar-refractivity contribution < 1.29 is 4.21 Å². The predicted molar refractivity (Wildman–Crippen MR) is 122 cm³/mol. The second-order valence-corrected chi connectivity index (χ2v) is 7.88. The van der Waals surface area contributed by atoms with Gasteiger partial charge >= 0.3 is 0 Å². The fourth-order valence-corrected chi connectivity index (χ4v) is 3.85. The van der Waals surface area contributed by atoms with E-state index in [-0.39, 0.29) is 24.0 Å². The van der Waals surface area contributed by atoms with Gasteiger partial charge in [-0.05, 0) is 11.6 Å². The molecule has 0 fully saturated rings. The van der Waals surface area contributed by atoms with Crippen LogP contribution in [0.4, 0.5) is 0 Å². The van der Waals surface area contributed by atoms with Crippen molar-refractivity contribution in [3.8, 4) is 0 Å². The number of nitrogens with one attached hydrogen (secondary N) is 1. The monoisotopic (exact) mass is 508 g/mol. The Morgan fingerprint density at radius 2 is 2.04 bits per heavy atom. The van der Waals surface area contributed by atoms with Crippen LogP contribution in [0.5, 0.6) is 0 Å². The van der Waals surface area contributed by atoms with Crippen LogP contribution in [0.15, 0.2) is 47.6 Å². The number of aliphatic imine (C=N–C) groups is 1. The highest BCUT2D eigenvalue weighted by molar-refractivity contribution is 14.0. The lowest BCUT2D eigenvalue weighted by atomic mass is 10.2. The van der Waals surface area contributed by atoms with E-state index in [4.69, 9.17) is 11.6 Å².